The lowest BCUT2D eigenvalue weighted by Crippen LogP contribution is -2.48. The molecule has 2 atom stereocenters. The largest absolute Gasteiger partial charge is 0.372 e. The minimum Gasteiger partial charge on any atom is -0.372 e. The molecule has 1 aliphatic heterocycles. The summed E-state index contributed by atoms with van der Waals surface area (Å²) in [5.74, 6) is 0.748. The zero-order valence-corrected chi connectivity index (χ0v) is 13.8. The van der Waals surface area contributed by atoms with Crippen molar-refractivity contribution < 1.29 is 9.53 Å². The smallest absolute Gasteiger partial charge is 0.257 e. The van der Waals surface area contributed by atoms with Gasteiger partial charge in [-0.05, 0) is 32.4 Å². The SMILES string of the molecule is CCc1c(C(=O)N2C[C@@H](C)O[C@@H](C)C2)cnn1-c1ccccn1. The van der Waals surface area contributed by atoms with Gasteiger partial charge < -0.3 is 9.64 Å². The van der Waals surface area contributed by atoms with Gasteiger partial charge in [-0.3, -0.25) is 4.79 Å². The van der Waals surface area contributed by atoms with Crippen LogP contribution >= 0.6 is 0 Å². The fourth-order valence-corrected chi connectivity index (χ4v) is 3.08. The molecule has 0 saturated carbocycles. The van der Waals surface area contributed by atoms with Crippen LogP contribution in [0.1, 0.15) is 36.8 Å². The molecule has 0 radical (unpaired) electrons. The maximum atomic E-state index is 12.9. The molecule has 2 aromatic rings. The van der Waals surface area contributed by atoms with Gasteiger partial charge in [0.25, 0.3) is 5.91 Å². The second-order valence-corrected chi connectivity index (χ2v) is 5.93. The van der Waals surface area contributed by atoms with E-state index in [9.17, 15) is 4.79 Å². The number of aromatic nitrogens is 3. The normalized spacial score (nSPS) is 21.4. The first-order chi connectivity index (χ1) is 11.1. The summed E-state index contributed by atoms with van der Waals surface area (Å²) in [7, 11) is 0. The Hall–Kier alpha value is -2.21. The molecule has 3 heterocycles. The molecule has 0 spiro atoms. The number of pyridine rings is 1. The first-order valence-corrected chi connectivity index (χ1v) is 8.03. The summed E-state index contributed by atoms with van der Waals surface area (Å²) in [6.45, 7) is 7.24. The molecule has 0 N–H and O–H groups in total. The molecule has 3 rings (SSSR count). The van der Waals surface area contributed by atoms with E-state index in [2.05, 4.69) is 10.1 Å². The second kappa shape index (κ2) is 6.50. The van der Waals surface area contributed by atoms with E-state index < -0.39 is 0 Å². The van der Waals surface area contributed by atoms with Gasteiger partial charge in [0.2, 0.25) is 0 Å². The third-order valence-corrected chi connectivity index (χ3v) is 4.01. The van der Waals surface area contributed by atoms with E-state index in [1.165, 1.54) is 0 Å². The van der Waals surface area contributed by atoms with Crippen molar-refractivity contribution in [2.24, 2.45) is 0 Å². The van der Waals surface area contributed by atoms with Gasteiger partial charge in [0, 0.05) is 19.3 Å². The maximum Gasteiger partial charge on any atom is 0.257 e. The highest BCUT2D eigenvalue weighted by molar-refractivity contribution is 5.95. The zero-order valence-electron chi connectivity index (χ0n) is 13.8. The molecule has 0 bridgehead atoms. The Kier molecular flexibility index (Phi) is 4.43. The number of morpholine rings is 1. The third kappa shape index (κ3) is 3.12. The number of amides is 1. The molecule has 1 amide bonds. The van der Waals surface area contributed by atoms with Gasteiger partial charge in [0.1, 0.15) is 0 Å². The van der Waals surface area contributed by atoms with E-state index in [4.69, 9.17) is 4.74 Å². The lowest BCUT2D eigenvalue weighted by molar-refractivity contribution is -0.0586. The van der Waals surface area contributed by atoms with Gasteiger partial charge in [0.15, 0.2) is 5.82 Å². The molecule has 1 fully saturated rings. The summed E-state index contributed by atoms with van der Waals surface area (Å²) in [6.07, 6.45) is 4.20. The van der Waals surface area contributed by atoms with E-state index in [-0.39, 0.29) is 18.1 Å². The predicted octanol–water partition coefficient (Wildman–Crippen LogP) is 2.08. The standard InChI is InChI=1S/C17H22N4O2/c1-4-15-14(9-19-21(15)16-7-5-6-8-18-16)17(22)20-10-12(2)23-13(3)11-20/h5-9,12-13H,4,10-11H2,1-3H3/t12-,13+. The van der Waals surface area contributed by atoms with E-state index in [1.807, 2.05) is 43.9 Å². The molecule has 23 heavy (non-hydrogen) atoms. The predicted molar refractivity (Wildman–Crippen MR) is 86.6 cm³/mol. The number of ether oxygens (including phenoxy) is 1. The lowest BCUT2D eigenvalue weighted by Gasteiger charge is -2.35. The highest BCUT2D eigenvalue weighted by Crippen LogP contribution is 2.19. The summed E-state index contributed by atoms with van der Waals surface area (Å²) >= 11 is 0. The molecule has 1 aliphatic rings. The van der Waals surface area contributed by atoms with Gasteiger partial charge in [-0.25, -0.2) is 9.67 Å². The molecule has 2 aromatic heterocycles. The van der Waals surface area contributed by atoms with Crippen LogP contribution in [0.5, 0.6) is 0 Å². The molecule has 6 nitrogen and oxygen atoms in total. The molecule has 1 saturated heterocycles. The molecular formula is C17H22N4O2. The van der Waals surface area contributed by atoms with Gasteiger partial charge in [-0.1, -0.05) is 13.0 Å². The topological polar surface area (TPSA) is 60.3 Å². The first kappa shape index (κ1) is 15.7. The van der Waals surface area contributed by atoms with E-state index in [0.29, 0.717) is 25.1 Å². The number of rotatable bonds is 3. The van der Waals surface area contributed by atoms with Crippen LogP contribution in [0.3, 0.4) is 0 Å². The molecule has 0 aliphatic carbocycles. The molecule has 0 aromatic carbocycles. The highest BCUT2D eigenvalue weighted by Gasteiger charge is 2.29. The van der Waals surface area contributed by atoms with Crippen LogP contribution in [0.25, 0.3) is 5.82 Å². The summed E-state index contributed by atoms with van der Waals surface area (Å²) in [5, 5.41) is 4.39. The third-order valence-electron chi connectivity index (χ3n) is 4.01. The summed E-state index contributed by atoms with van der Waals surface area (Å²) in [5.41, 5.74) is 1.54. The fraction of sp³-hybridized carbons (Fsp3) is 0.471. The number of carbonyl (C=O) groups is 1. The second-order valence-electron chi connectivity index (χ2n) is 5.93. The Balaban J connectivity index is 1.91. The first-order valence-electron chi connectivity index (χ1n) is 8.03. The van der Waals surface area contributed by atoms with Crippen LogP contribution in [0.15, 0.2) is 30.6 Å². The van der Waals surface area contributed by atoms with Crippen LogP contribution < -0.4 is 0 Å². The highest BCUT2D eigenvalue weighted by atomic mass is 16.5. The summed E-state index contributed by atoms with van der Waals surface area (Å²) in [4.78, 5) is 19.1. The van der Waals surface area contributed by atoms with Crippen LogP contribution in [0.4, 0.5) is 0 Å². The Morgan fingerprint density at radius 2 is 2.04 bits per heavy atom. The average Bonchev–Trinajstić information content (AvgIpc) is 2.98. The summed E-state index contributed by atoms with van der Waals surface area (Å²) in [6, 6.07) is 5.66. The van der Waals surface area contributed by atoms with Crippen LogP contribution in [0.2, 0.25) is 0 Å². The molecule has 6 heteroatoms. The average molecular weight is 314 g/mol. The van der Waals surface area contributed by atoms with Crippen LogP contribution in [0, 0.1) is 0 Å². The van der Waals surface area contributed by atoms with E-state index in [0.717, 1.165) is 11.5 Å². The van der Waals surface area contributed by atoms with Gasteiger partial charge in [-0.2, -0.15) is 5.10 Å². The Morgan fingerprint density at radius 3 is 2.65 bits per heavy atom. The molecule has 0 unspecified atom stereocenters. The minimum absolute atomic E-state index is 0.0195. The summed E-state index contributed by atoms with van der Waals surface area (Å²) < 4.78 is 7.46. The van der Waals surface area contributed by atoms with Gasteiger partial charge >= 0.3 is 0 Å². The Bertz CT molecular complexity index is 673. The van der Waals surface area contributed by atoms with Crippen molar-refractivity contribution >= 4 is 5.91 Å². The fourth-order valence-electron chi connectivity index (χ4n) is 3.08. The quantitative estimate of drug-likeness (QED) is 0.870. The monoisotopic (exact) mass is 314 g/mol. The van der Waals surface area contributed by atoms with Crippen molar-refractivity contribution in [2.75, 3.05) is 13.1 Å². The lowest BCUT2D eigenvalue weighted by atomic mass is 10.1. The van der Waals surface area contributed by atoms with Gasteiger partial charge in [-0.15, -0.1) is 0 Å². The minimum atomic E-state index is 0.0195. The van der Waals surface area contributed by atoms with E-state index in [1.54, 1.807) is 17.1 Å². The Labute approximate surface area is 136 Å². The number of carbonyl (C=O) groups excluding carboxylic acids is 1. The number of hydrogen-bond acceptors (Lipinski definition) is 4. The van der Waals surface area contributed by atoms with Crippen molar-refractivity contribution in [1.29, 1.82) is 0 Å². The molecule has 122 valence electrons. The van der Waals surface area contributed by atoms with Gasteiger partial charge in [0.05, 0.1) is 29.7 Å². The van der Waals surface area contributed by atoms with Crippen molar-refractivity contribution in [3.8, 4) is 5.82 Å². The van der Waals surface area contributed by atoms with Crippen LogP contribution in [-0.4, -0.2) is 50.9 Å². The van der Waals surface area contributed by atoms with Crippen molar-refractivity contribution in [3.63, 3.8) is 0 Å². The molecular weight excluding hydrogens is 292 g/mol. The van der Waals surface area contributed by atoms with Crippen LogP contribution in [-0.2, 0) is 11.2 Å². The Morgan fingerprint density at radius 1 is 1.30 bits per heavy atom. The zero-order chi connectivity index (χ0) is 16.4. The van der Waals surface area contributed by atoms with Crippen molar-refractivity contribution in [3.05, 3.63) is 41.9 Å². The maximum absolute atomic E-state index is 12.9. The number of nitrogens with zero attached hydrogens (tertiary/aromatic N) is 4. The van der Waals surface area contributed by atoms with Crippen molar-refractivity contribution in [1.82, 2.24) is 19.7 Å². The number of hydrogen-bond donors (Lipinski definition) is 0. The van der Waals surface area contributed by atoms with E-state index >= 15 is 0 Å². The van der Waals surface area contributed by atoms with Crippen molar-refractivity contribution in [2.45, 2.75) is 39.4 Å².